The standard InChI is InChI=1S/C19H31N5O2/c1-3-16-6-4-5-8-24(16)18-14-17(21-15(2)22-18)19(25)20-7-9-23-10-12-26-13-11-23/h14,16H,3-13H2,1-2H3,(H,20,25). The molecule has 3 rings (SSSR count). The summed E-state index contributed by atoms with van der Waals surface area (Å²) in [6.45, 7) is 9.96. The maximum absolute atomic E-state index is 12.6. The fourth-order valence-electron chi connectivity index (χ4n) is 3.78. The second kappa shape index (κ2) is 9.28. The summed E-state index contributed by atoms with van der Waals surface area (Å²) in [6, 6.07) is 2.36. The molecule has 0 radical (unpaired) electrons. The lowest BCUT2D eigenvalue weighted by molar-refractivity contribution is 0.0383. The molecule has 0 saturated carbocycles. The number of morpholine rings is 1. The summed E-state index contributed by atoms with van der Waals surface area (Å²) >= 11 is 0. The second-order valence-corrected chi connectivity index (χ2v) is 7.12. The molecule has 1 aromatic rings. The number of anilines is 1. The highest BCUT2D eigenvalue weighted by molar-refractivity contribution is 5.93. The highest BCUT2D eigenvalue weighted by Gasteiger charge is 2.23. The van der Waals surface area contributed by atoms with Crippen molar-refractivity contribution in [2.24, 2.45) is 0 Å². The molecule has 1 unspecified atom stereocenters. The van der Waals surface area contributed by atoms with Gasteiger partial charge in [-0.2, -0.15) is 0 Å². The Morgan fingerprint density at radius 2 is 2.08 bits per heavy atom. The fraction of sp³-hybridized carbons (Fsp3) is 0.737. The van der Waals surface area contributed by atoms with Crippen molar-refractivity contribution < 1.29 is 9.53 Å². The number of ether oxygens (including phenoxy) is 1. The van der Waals surface area contributed by atoms with E-state index in [4.69, 9.17) is 4.74 Å². The largest absolute Gasteiger partial charge is 0.379 e. The number of piperidine rings is 1. The maximum Gasteiger partial charge on any atom is 0.270 e. The molecular weight excluding hydrogens is 330 g/mol. The van der Waals surface area contributed by atoms with Crippen LogP contribution < -0.4 is 10.2 Å². The van der Waals surface area contributed by atoms with Crippen LogP contribution in [-0.4, -0.2) is 72.8 Å². The van der Waals surface area contributed by atoms with Gasteiger partial charge in [-0.3, -0.25) is 9.69 Å². The Labute approximate surface area is 156 Å². The summed E-state index contributed by atoms with van der Waals surface area (Å²) < 4.78 is 5.35. The van der Waals surface area contributed by atoms with E-state index in [1.54, 1.807) is 0 Å². The summed E-state index contributed by atoms with van der Waals surface area (Å²) in [5.41, 5.74) is 0.468. The zero-order chi connectivity index (χ0) is 18.4. The van der Waals surface area contributed by atoms with Crippen molar-refractivity contribution in [3.05, 3.63) is 17.6 Å². The fourth-order valence-corrected chi connectivity index (χ4v) is 3.78. The molecule has 144 valence electrons. The van der Waals surface area contributed by atoms with Gasteiger partial charge in [0, 0.05) is 44.8 Å². The van der Waals surface area contributed by atoms with E-state index in [2.05, 4.69) is 32.0 Å². The molecule has 7 nitrogen and oxygen atoms in total. The van der Waals surface area contributed by atoms with Crippen molar-refractivity contribution in [1.82, 2.24) is 20.2 Å². The number of hydrogen-bond acceptors (Lipinski definition) is 6. The molecule has 2 fully saturated rings. The molecule has 7 heteroatoms. The number of rotatable bonds is 6. The topological polar surface area (TPSA) is 70.6 Å². The summed E-state index contributed by atoms with van der Waals surface area (Å²) in [5, 5.41) is 3.00. The summed E-state index contributed by atoms with van der Waals surface area (Å²) in [6.07, 6.45) is 4.75. The van der Waals surface area contributed by atoms with E-state index < -0.39 is 0 Å². The van der Waals surface area contributed by atoms with E-state index in [1.165, 1.54) is 19.3 Å². The first-order valence-corrected chi connectivity index (χ1v) is 9.88. The smallest absolute Gasteiger partial charge is 0.270 e. The molecule has 1 N–H and O–H groups in total. The van der Waals surface area contributed by atoms with Gasteiger partial charge in [0.2, 0.25) is 0 Å². The van der Waals surface area contributed by atoms with E-state index in [9.17, 15) is 4.79 Å². The van der Waals surface area contributed by atoms with Gasteiger partial charge in [-0.1, -0.05) is 6.92 Å². The maximum atomic E-state index is 12.6. The van der Waals surface area contributed by atoms with Crippen LogP contribution in [-0.2, 0) is 4.74 Å². The van der Waals surface area contributed by atoms with Gasteiger partial charge in [-0.05, 0) is 32.6 Å². The first-order chi connectivity index (χ1) is 12.7. The van der Waals surface area contributed by atoms with Crippen molar-refractivity contribution in [2.45, 2.75) is 45.6 Å². The van der Waals surface area contributed by atoms with Crippen molar-refractivity contribution in [3.8, 4) is 0 Å². The Bertz CT molecular complexity index is 604. The molecule has 0 spiro atoms. The van der Waals surface area contributed by atoms with Crippen LogP contribution >= 0.6 is 0 Å². The Balaban J connectivity index is 1.61. The zero-order valence-electron chi connectivity index (χ0n) is 16.0. The van der Waals surface area contributed by atoms with Crippen LogP contribution in [0.3, 0.4) is 0 Å². The minimum absolute atomic E-state index is 0.116. The molecule has 0 aromatic carbocycles. The normalized spacial score (nSPS) is 21.6. The van der Waals surface area contributed by atoms with Crippen LogP contribution in [0.4, 0.5) is 5.82 Å². The van der Waals surface area contributed by atoms with Crippen molar-refractivity contribution in [3.63, 3.8) is 0 Å². The Morgan fingerprint density at radius 1 is 1.27 bits per heavy atom. The van der Waals surface area contributed by atoms with Gasteiger partial charge in [0.25, 0.3) is 5.91 Å². The van der Waals surface area contributed by atoms with Crippen LogP contribution in [0.5, 0.6) is 0 Å². The van der Waals surface area contributed by atoms with Crippen LogP contribution in [0.2, 0.25) is 0 Å². The highest BCUT2D eigenvalue weighted by Crippen LogP contribution is 2.25. The average molecular weight is 361 g/mol. The van der Waals surface area contributed by atoms with Gasteiger partial charge in [0.15, 0.2) is 0 Å². The number of aromatic nitrogens is 2. The minimum atomic E-state index is -0.116. The van der Waals surface area contributed by atoms with Crippen LogP contribution in [0, 0.1) is 6.92 Å². The van der Waals surface area contributed by atoms with Crippen LogP contribution in [0.1, 0.15) is 48.9 Å². The van der Waals surface area contributed by atoms with Gasteiger partial charge in [-0.15, -0.1) is 0 Å². The van der Waals surface area contributed by atoms with Gasteiger partial charge in [0.1, 0.15) is 17.3 Å². The number of nitrogens with one attached hydrogen (secondary N) is 1. The molecule has 1 atom stereocenters. The summed E-state index contributed by atoms with van der Waals surface area (Å²) in [7, 11) is 0. The number of hydrogen-bond donors (Lipinski definition) is 1. The van der Waals surface area contributed by atoms with E-state index in [0.29, 0.717) is 24.1 Å². The number of carbonyl (C=O) groups is 1. The monoisotopic (exact) mass is 361 g/mol. The Morgan fingerprint density at radius 3 is 2.85 bits per heavy atom. The lowest BCUT2D eigenvalue weighted by Crippen LogP contribution is -2.41. The third kappa shape index (κ3) is 4.92. The number of nitrogens with zero attached hydrogens (tertiary/aromatic N) is 4. The SMILES string of the molecule is CCC1CCCCN1c1cc(C(=O)NCCN2CCOCC2)nc(C)n1. The van der Waals surface area contributed by atoms with E-state index in [0.717, 1.165) is 51.6 Å². The second-order valence-electron chi connectivity index (χ2n) is 7.12. The molecule has 1 aromatic heterocycles. The van der Waals surface area contributed by atoms with Gasteiger partial charge < -0.3 is 15.0 Å². The van der Waals surface area contributed by atoms with Crippen LogP contribution in [0.25, 0.3) is 0 Å². The summed E-state index contributed by atoms with van der Waals surface area (Å²) in [4.78, 5) is 26.2. The number of amides is 1. The minimum Gasteiger partial charge on any atom is -0.379 e. The molecule has 2 aliphatic heterocycles. The summed E-state index contributed by atoms with van der Waals surface area (Å²) in [5.74, 6) is 1.43. The molecule has 26 heavy (non-hydrogen) atoms. The first kappa shape index (κ1) is 19.0. The highest BCUT2D eigenvalue weighted by atomic mass is 16.5. The molecule has 1 amide bonds. The molecule has 2 aliphatic rings. The van der Waals surface area contributed by atoms with Gasteiger partial charge >= 0.3 is 0 Å². The van der Waals surface area contributed by atoms with E-state index in [-0.39, 0.29) is 5.91 Å². The van der Waals surface area contributed by atoms with E-state index >= 15 is 0 Å². The molecular formula is C19H31N5O2. The molecule has 0 bridgehead atoms. The molecule has 2 saturated heterocycles. The predicted octanol–water partition coefficient (Wildman–Crippen LogP) is 1.62. The van der Waals surface area contributed by atoms with Gasteiger partial charge in [-0.25, -0.2) is 9.97 Å². The van der Waals surface area contributed by atoms with Gasteiger partial charge in [0.05, 0.1) is 13.2 Å². The Kier molecular flexibility index (Phi) is 6.80. The quantitative estimate of drug-likeness (QED) is 0.830. The lowest BCUT2D eigenvalue weighted by Gasteiger charge is -2.36. The van der Waals surface area contributed by atoms with Crippen molar-refractivity contribution >= 4 is 11.7 Å². The molecule has 0 aliphatic carbocycles. The zero-order valence-corrected chi connectivity index (χ0v) is 16.0. The third-order valence-electron chi connectivity index (χ3n) is 5.27. The van der Waals surface area contributed by atoms with Crippen molar-refractivity contribution in [1.29, 1.82) is 0 Å². The van der Waals surface area contributed by atoms with Crippen LogP contribution in [0.15, 0.2) is 6.07 Å². The predicted molar refractivity (Wildman–Crippen MR) is 102 cm³/mol. The first-order valence-electron chi connectivity index (χ1n) is 9.88. The molecule has 3 heterocycles. The van der Waals surface area contributed by atoms with E-state index in [1.807, 2.05) is 13.0 Å². The lowest BCUT2D eigenvalue weighted by atomic mass is 10.00. The number of carbonyl (C=O) groups excluding carboxylic acids is 1. The Hall–Kier alpha value is -1.73. The van der Waals surface area contributed by atoms with Crippen molar-refractivity contribution in [2.75, 3.05) is 50.8 Å². The number of aryl methyl sites for hydroxylation is 1. The third-order valence-corrected chi connectivity index (χ3v) is 5.27. The average Bonchev–Trinajstić information content (AvgIpc) is 2.68.